The fourth-order valence-electron chi connectivity index (χ4n) is 2.43. The van der Waals surface area contributed by atoms with E-state index in [1.807, 2.05) is 38.1 Å². The van der Waals surface area contributed by atoms with Gasteiger partial charge in [0.05, 0.1) is 12.1 Å². The number of rotatable bonds is 5. The molecule has 1 unspecified atom stereocenters. The normalized spacial score (nSPS) is 12.4. The van der Waals surface area contributed by atoms with Crippen LogP contribution in [0, 0.1) is 0 Å². The lowest BCUT2D eigenvalue weighted by Crippen LogP contribution is -2.16. The minimum Gasteiger partial charge on any atom is -0.491 e. The molecule has 0 aromatic heterocycles. The lowest BCUT2D eigenvalue weighted by atomic mass is 9.93. The number of ether oxygens (including phenoxy) is 1. The zero-order valence-electron chi connectivity index (χ0n) is 12.5. The summed E-state index contributed by atoms with van der Waals surface area (Å²) in [6.45, 7) is 6.21. The fraction of sp³-hybridized carbons (Fsp3) is 0.333. The van der Waals surface area contributed by atoms with E-state index in [9.17, 15) is 0 Å². The summed E-state index contributed by atoms with van der Waals surface area (Å²) in [4.78, 5) is 0. The van der Waals surface area contributed by atoms with Gasteiger partial charge in [-0.15, -0.1) is 0 Å². The number of hydrogen-bond donors (Lipinski definition) is 1. The Labute approximate surface area is 121 Å². The van der Waals surface area contributed by atoms with Crippen molar-refractivity contribution < 1.29 is 4.74 Å². The molecule has 0 aliphatic rings. The van der Waals surface area contributed by atoms with Gasteiger partial charge in [0.25, 0.3) is 0 Å². The van der Waals surface area contributed by atoms with Gasteiger partial charge in [-0.1, -0.05) is 49.4 Å². The van der Waals surface area contributed by atoms with Gasteiger partial charge >= 0.3 is 0 Å². The molecule has 20 heavy (non-hydrogen) atoms. The molecule has 0 saturated carbocycles. The molecule has 2 aromatic carbocycles. The molecule has 0 aliphatic carbocycles. The largest absolute Gasteiger partial charge is 0.491 e. The van der Waals surface area contributed by atoms with E-state index < -0.39 is 0 Å². The highest BCUT2D eigenvalue weighted by Crippen LogP contribution is 2.30. The van der Waals surface area contributed by atoms with Gasteiger partial charge in [-0.2, -0.15) is 0 Å². The molecule has 0 bridgehead atoms. The van der Waals surface area contributed by atoms with Crippen molar-refractivity contribution in [1.82, 2.24) is 0 Å². The standard InChI is InChI=1S/C18H23NO/c1-4-14-9-5-6-10-15(14)18(19)16-11-7-8-12-17(16)20-13(2)3/h5-13,18H,4,19H2,1-3H3. The highest BCUT2D eigenvalue weighted by atomic mass is 16.5. The summed E-state index contributed by atoms with van der Waals surface area (Å²) in [5, 5.41) is 0. The Morgan fingerprint density at radius 1 is 0.950 bits per heavy atom. The van der Waals surface area contributed by atoms with Crippen LogP contribution in [0.4, 0.5) is 0 Å². The highest BCUT2D eigenvalue weighted by molar-refractivity contribution is 5.43. The Hall–Kier alpha value is -1.80. The Bertz CT molecular complexity index is 563. The molecule has 2 aromatic rings. The molecule has 2 rings (SSSR count). The van der Waals surface area contributed by atoms with Crippen molar-refractivity contribution in [2.45, 2.75) is 39.3 Å². The zero-order chi connectivity index (χ0) is 14.5. The second-order valence-corrected chi connectivity index (χ2v) is 5.23. The predicted octanol–water partition coefficient (Wildman–Crippen LogP) is 4.08. The fourth-order valence-corrected chi connectivity index (χ4v) is 2.43. The van der Waals surface area contributed by atoms with Gasteiger partial charge in [0, 0.05) is 5.56 Å². The smallest absolute Gasteiger partial charge is 0.124 e. The van der Waals surface area contributed by atoms with E-state index in [2.05, 4.69) is 31.2 Å². The summed E-state index contributed by atoms with van der Waals surface area (Å²) >= 11 is 0. The molecule has 2 nitrogen and oxygen atoms in total. The van der Waals surface area contributed by atoms with Crippen molar-refractivity contribution in [3.05, 3.63) is 65.2 Å². The van der Waals surface area contributed by atoms with Gasteiger partial charge in [0.15, 0.2) is 0 Å². The van der Waals surface area contributed by atoms with Crippen molar-refractivity contribution in [2.75, 3.05) is 0 Å². The van der Waals surface area contributed by atoms with Crippen LogP contribution in [-0.2, 0) is 6.42 Å². The van der Waals surface area contributed by atoms with Gasteiger partial charge in [-0.25, -0.2) is 0 Å². The van der Waals surface area contributed by atoms with E-state index in [-0.39, 0.29) is 12.1 Å². The van der Waals surface area contributed by atoms with Crippen LogP contribution in [0.5, 0.6) is 5.75 Å². The molecule has 0 amide bonds. The Kier molecular flexibility index (Phi) is 4.80. The molecule has 2 N–H and O–H groups in total. The van der Waals surface area contributed by atoms with E-state index in [0.717, 1.165) is 17.7 Å². The van der Waals surface area contributed by atoms with Crippen LogP contribution < -0.4 is 10.5 Å². The maximum Gasteiger partial charge on any atom is 0.124 e. The summed E-state index contributed by atoms with van der Waals surface area (Å²) in [5.41, 5.74) is 10.00. The van der Waals surface area contributed by atoms with Crippen molar-refractivity contribution in [1.29, 1.82) is 0 Å². The SMILES string of the molecule is CCc1ccccc1C(N)c1ccccc1OC(C)C. The second-order valence-electron chi connectivity index (χ2n) is 5.23. The summed E-state index contributed by atoms with van der Waals surface area (Å²) in [5.74, 6) is 0.876. The quantitative estimate of drug-likeness (QED) is 0.887. The van der Waals surface area contributed by atoms with Crippen molar-refractivity contribution in [3.63, 3.8) is 0 Å². The molecule has 0 aliphatic heterocycles. The Morgan fingerprint density at radius 3 is 2.20 bits per heavy atom. The molecule has 1 atom stereocenters. The number of para-hydroxylation sites is 1. The van der Waals surface area contributed by atoms with Crippen molar-refractivity contribution in [3.8, 4) is 5.75 Å². The van der Waals surface area contributed by atoms with E-state index in [4.69, 9.17) is 10.5 Å². The van der Waals surface area contributed by atoms with Gasteiger partial charge < -0.3 is 10.5 Å². The molecule has 0 radical (unpaired) electrons. The lowest BCUT2D eigenvalue weighted by molar-refractivity contribution is 0.239. The first-order chi connectivity index (χ1) is 9.63. The summed E-state index contributed by atoms with van der Waals surface area (Å²) < 4.78 is 5.88. The number of benzene rings is 2. The third-order valence-electron chi connectivity index (χ3n) is 3.39. The number of nitrogens with two attached hydrogens (primary N) is 1. The van der Waals surface area contributed by atoms with Gasteiger partial charge in [0.1, 0.15) is 5.75 Å². The first-order valence-electron chi connectivity index (χ1n) is 7.22. The zero-order valence-corrected chi connectivity index (χ0v) is 12.5. The third-order valence-corrected chi connectivity index (χ3v) is 3.39. The van der Waals surface area contributed by atoms with Crippen LogP contribution >= 0.6 is 0 Å². The molecular formula is C18H23NO. The van der Waals surface area contributed by atoms with Crippen LogP contribution in [-0.4, -0.2) is 6.10 Å². The number of aryl methyl sites for hydroxylation is 1. The van der Waals surface area contributed by atoms with E-state index in [1.165, 1.54) is 11.1 Å². The van der Waals surface area contributed by atoms with Crippen molar-refractivity contribution in [2.24, 2.45) is 5.73 Å². The van der Waals surface area contributed by atoms with Gasteiger partial charge in [-0.3, -0.25) is 0 Å². The molecule has 106 valence electrons. The Morgan fingerprint density at radius 2 is 1.55 bits per heavy atom. The molecule has 2 heteroatoms. The average molecular weight is 269 g/mol. The van der Waals surface area contributed by atoms with Gasteiger partial charge in [0.2, 0.25) is 0 Å². The van der Waals surface area contributed by atoms with E-state index in [0.29, 0.717) is 0 Å². The Balaban J connectivity index is 2.40. The summed E-state index contributed by atoms with van der Waals surface area (Å²) in [6, 6.07) is 16.2. The first kappa shape index (κ1) is 14.6. The van der Waals surface area contributed by atoms with Crippen LogP contribution in [0.15, 0.2) is 48.5 Å². The van der Waals surface area contributed by atoms with Crippen LogP contribution in [0.1, 0.15) is 43.5 Å². The molecular weight excluding hydrogens is 246 g/mol. The van der Waals surface area contributed by atoms with Crippen LogP contribution in [0.25, 0.3) is 0 Å². The third kappa shape index (κ3) is 3.20. The molecule has 0 fully saturated rings. The molecule has 0 saturated heterocycles. The second kappa shape index (κ2) is 6.58. The minimum absolute atomic E-state index is 0.143. The van der Waals surface area contributed by atoms with Crippen molar-refractivity contribution >= 4 is 0 Å². The molecule has 0 heterocycles. The monoisotopic (exact) mass is 269 g/mol. The number of hydrogen-bond acceptors (Lipinski definition) is 2. The lowest BCUT2D eigenvalue weighted by Gasteiger charge is -2.20. The average Bonchev–Trinajstić information content (AvgIpc) is 2.46. The van der Waals surface area contributed by atoms with E-state index in [1.54, 1.807) is 0 Å². The van der Waals surface area contributed by atoms with E-state index >= 15 is 0 Å². The maximum absolute atomic E-state index is 6.49. The maximum atomic E-state index is 6.49. The molecule has 0 spiro atoms. The van der Waals surface area contributed by atoms with Gasteiger partial charge in [-0.05, 0) is 37.5 Å². The predicted molar refractivity (Wildman–Crippen MR) is 84.1 cm³/mol. The van der Waals surface area contributed by atoms with Crippen LogP contribution in [0.3, 0.4) is 0 Å². The summed E-state index contributed by atoms with van der Waals surface area (Å²) in [6.07, 6.45) is 1.13. The highest BCUT2D eigenvalue weighted by Gasteiger charge is 2.16. The van der Waals surface area contributed by atoms with Crippen LogP contribution in [0.2, 0.25) is 0 Å². The topological polar surface area (TPSA) is 35.2 Å². The minimum atomic E-state index is -0.152. The first-order valence-corrected chi connectivity index (χ1v) is 7.22. The summed E-state index contributed by atoms with van der Waals surface area (Å²) in [7, 11) is 0.